The Labute approximate surface area is 120 Å². The van der Waals surface area contributed by atoms with Crippen LogP contribution in [0.15, 0.2) is 18.2 Å². The van der Waals surface area contributed by atoms with Crippen LogP contribution in [0.4, 0.5) is 8.78 Å². The molecule has 1 aromatic carbocycles. The molecule has 0 aliphatic heterocycles. The standard InChI is InChI=1S/C14H14F2N2OS/c1-3-19-7-11-17-10(6-12(20)18-11)9-5-4-8(2)13(15)14(9)16/h4-6H,3,7H2,1-2H3,(H,17,18,20). The van der Waals surface area contributed by atoms with Crippen LogP contribution in [0.1, 0.15) is 18.3 Å². The summed E-state index contributed by atoms with van der Waals surface area (Å²) in [5, 5.41) is 0. The van der Waals surface area contributed by atoms with Gasteiger partial charge in [0.25, 0.3) is 0 Å². The van der Waals surface area contributed by atoms with Crippen molar-refractivity contribution in [1.29, 1.82) is 0 Å². The predicted molar refractivity (Wildman–Crippen MR) is 74.8 cm³/mol. The van der Waals surface area contributed by atoms with Gasteiger partial charge in [0.05, 0.1) is 5.69 Å². The van der Waals surface area contributed by atoms with Crippen LogP contribution in [-0.2, 0) is 11.3 Å². The van der Waals surface area contributed by atoms with Gasteiger partial charge in [-0.2, -0.15) is 0 Å². The molecule has 0 radical (unpaired) electrons. The van der Waals surface area contributed by atoms with Crippen molar-refractivity contribution in [3.63, 3.8) is 0 Å². The number of nitrogens with one attached hydrogen (secondary N) is 1. The van der Waals surface area contributed by atoms with E-state index in [2.05, 4.69) is 9.97 Å². The molecule has 6 heteroatoms. The van der Waals surface area contributed by atoms with Crippen molar-refractivity contribution in [1.82, 2.24) is 9.97 Å². The molecule has 106 valence electrons. The molecule has 20 heavy (non-hydrogen) atoms. The fraction of sp³-hybridized carbons (Fsp3) is 0.286. The first-order valence-corrected chi connectivity index (χ1v) is 6.56. The normalized spacial score (nSPS) is 10.8. The Kier molecular flexibility index (Phi) is 4.57. The third-order valence-electron chi connectivity index (χ3n) is 2.80. The molecule has 0 bridgehead atoms. The van der Waals surface area contributed by atoms with Gasteiger partial charge in [0.15, 0.2) is 11.6 Å². The molecule has 2 aromatic rings. The van der Waals surface area contributed by atoms with Gasteiger partial charge in [0.1, 0.15) is 17.1 Å². The lowest BCUT2D eigenvalue weighted by molar-refractivity contribution is 0.128. The van der Waals surface area contributed by atoms with E-state index in [-0.39, 0.29) is 17.7 Å². The molecular weight excluding hydrogens is 282 g/mol. The molecule has 0 aliphatic carbocycles. The molecule has 0 spiro atoms. The van der Waals surface area contributed by atoms with Crippen LogP contribution in [0, 0.1) is 23.2 Å². The maximum absolute atomic E-state index is 14.0. The largest absolute Gasteiger partial charge is 0.374 e. The average Bonchev–Trinajstić information content (AvgIpc) is 2.42. The van der Waals surface area contributed by atoms with Gasteiger partial charge >= 0.3 is 0 Å². The second-order valence-corrected chi connectivity index (χ2v) is 4.69. The summed E-state index contributed by atoms with van der Waals surface area (Å²) in [5.74, 6) is -1.27. The number of halogens is 2. The number of rotatable bonds is 4. The fourth-order valence-electron chi connectivity index (χ4n) is 1.77. The summed E-state index contributed by atoms with van der Waals surface area (Å²) < 4.78 is 33.1. The number of ether oxygens (including phenoxy) is 1. The number of aromatic nitrogens is 2. The van der Waals surface area contributed by atoms with Crippen LogP contribution in [0.5, 0.6) is 0 Å². The first kappa shape index (κ1) is 14.7. The Balaban J connectivity index is 2.50. The van der Waals surface area contributed by atoms with Crippen molar-refractivity contribution in [3.05, 3.63) is 45.9 Å². The number of hydrogen-bond acceptors (Lipinski definition) is 3. The molecule has 0 saturated heterocycles. The average molecular weight is 296 g/mol. The highest BCUT2D eigenvalue weighted by Gasteiger charge is 2.13. The van der Waals surface area contributed by atoms with Crippen molar-refractivity contribution >= 4 is 12.2 Å². The molecule has 1 N–H and O–H groups in total. The van der Waals surface area contributed by atoms with Crippen molar-refractivity contribution in [2.45, 2.75) is 20.5 Å². The van der Waals surface area contributed by atoms with Gasteiger partial charge in [-0.3, -0.25) is 0 Å². The van der Waals surface area contributed by atoms with Gasteiger partial charge < -0.3 is 9.72 Å². The Morgan fingerprint density at radius 3 is 2.75 bits per heavy atom. The Morgan fingerprint density at radius 2 is 2.05 bits per heavy atom. The van der Waals surface area contributed by atoms with Crippen molar-refractivity contribution in [2.75, 3.05) is 6.61 Å². The van der Waals surface area contributed by atoms with E-state index in [0.717, 1.165) is 0 Å². The van der Waals surface area contributed by atoms with E-state index in [0.29, 0.717) is 22.8 Å². The van der Waals surface area contributed by atoms with Crippen LogP contribution in [0.3, 0.4) is 0 Å². The van der Waals surface area contributed by atoms with Gasteiger partial charge in [0, 0.05) is 12.2 Å². The molecule has 0 atom stereocenters. The summed E-state index contributed by atoms with van der Waals surface area (Å²) in [6, 6.07) is 4.53. The van der Waals surface area contributed by atoms with Crippen molar-refractivity contribution in [3.8, 4) is 11.3 Å². The third kappa shape index (κ3) is 3.08. The third-order valence-corrected chi connectivity index (χ3v) is 3.01. The minimum Gasteiger partial charge on any atom is -0.374 e. The zero-order valence-electron chi connectivity index (χ0n) is 11.2. The van der Waals surface area contributed by atoms with E-state index in [1.54, 1.807) is 0 Å². The molecule has 0 amide bonds. The second kappa shape index (κ2) is 6.19. The van der Waals surface area contributed by atoms with E-state index < -0.39 is 11.6 Å². The van der Waals surface area contributed by atoms with E-state index in [1.807, 2.05) is 6.92 Å². The summed E-state index contributed by atoms with van der Waals surface area (Å²) in [6.45, 7) is 4.13. The monoisotopic (exact) mass is 296 g/mol. The number of hydrogen-bond donors (Lipinski definition) is 1. The summed E-state index contributed by atoms with van der Waals surface area (Å²) in [7, 11) is 0. The first-order chi connectivity index (χ1) is 9.52. The lowest BCUT2D eigenvalue weighted by Gasteiger charge is -2.08. The number of nitrogens with zero attached hydrogens (tertiary/aromatic N) is 1. The summed E-state index contributed by atoms with van der Waals surface area (Å²) >= 11 is 5.04. The van der Waals surface area contributed by atoms with E-state index in [1.165, 1.54) is 25.1 Å². The topological polar surface area (TPSA) is 37.9 Å². The maximum atomic E-state index is 14.0. The molecule has 0 saturated carbocycles. The minimum atomic E-state index is -0.899. The Bertz CT molecular complexity index is 685. The Hall–Kier alpha value is -1.66. The zero-order valence-corrected chi connectivity index (χ0v) is 12.0. The predicted octanol–water partition coefficient (Wildman–Crippen LogP) is 3.93. The smallest absolute Gasteiger partial charge is 0.168 e. The molecular formula is C14H14F2N2OS. The highest BCUT2D eigenvalue weighted by Crippen LogP contribution is 2.24. The van der Waals surface area contributed by atoms with Crippen LogP contribution in [0.25, 0.3) is 11.3 Å². The molecule has 1 heterocycles. The van der Waals surface area contributed by atoms with Crippen LogP contribution in [-0.4, -0.2) is 16.6 Å². The number of aryl methyl sites for hydroxylation is 1. The van der Waals surface area contributed by atoms with E-state index in [9.17, 15) is 8.78 Å². The molecule has 3 nitrogen and oxygen atoms in total. The SMILES string of the molecule is CCOCc1nc(=S)cc(-c2ccc(C)c(F)c2F)[nH]1. The van der Waals surface area contributed by atoms with Crippen LogP contribution in [0.2, 0.25) is 0 Å². The highest BCUT2D eigenvalue weighted by molar-refractivity contribution is 7.71. The number of benzene rings is 1. The van der Waals surface area contributed by atoms with Gasteiger partial charge in [-0.1, -0.05) is 18.3 Å². The molecule has 0 fully saturated rings. The maximum Gasteiger partial charge on any atom is 0.168 e. The molecule has 0 unspecified atom stereocenters. The fourth-order valence-corrected chi connectivity index (χ4v) is 2.00. The van der Waals surface area contributed by atoms with Gasteiger partial charge in [-0.15, -0.1) is 0 Å². The van der Waals surface area contributed by atoms with Crippen LogP contribution >= 0.6 is 12.2 Å². The van der Waals surface area contributed by atoms with Gasteiger partial charge in [-0.25, -0.2) is 13.8 Å². The summed E-state index contributed by atoms with van der Waals surface area (Å²) in [4.78, 5) is 7.00. The van der Waals surface area contributed by atoms with Gasteiger partial charge in [0.2, 0.25) is 0 Å². The minimum absolute atomic E-state index is 0.124. The van der Waals surface area contributed by atoms with Gasteiger partial charge in [-0.05, 0) is 31.5 Å². The summed E-state index contributed by atoms with van der Waals surface area (Å²) in [6.07, 6.45) is 0. The summed E-state index contributed by atoms with van der Waals surface area (Å²) in [5.41, 5.74) is 0.767. The van der Waals surface area contributed by atoms with Crippen LogP contribution < -0.4 is 0 Å². The molecule has 2 rings (SSSR count). The molecule has 1 aromatic heterocycles. The highest BCUT2D eigenvalue weighted by atomic mass is 32.1. The Morgan fingerprint density at radius 1 is 1.30 bits per heavy atom. The van der Waals surface area contributed by atoms with E-state index >= 15 is 0 Å². The van der Waals surface area contributed by atoms with Crippen molar-refractivity contribution < 1.29 is 13.5 Å². The first-order valence-electron chi connectivity index (χ1n) is 6.16. The zero-order chi connectivity index (χ0) is 14.7. The quantitative estimate of drug-likeness (QED) is 0.869. The number of aromatic amines is 1. The van der Waals surface area contributed by atoms with Crippen molar-refractivity contribution in [2.24, 2.45) is 0 Å². The lowest BCUT2D eigenvalue weighted by atomic mass is 10.1. The molecule has 0 aliphatic rings. The lowest BCUT2D eigenvalue weighted by Crippen LogP contribution is -2.02. The second-order valence-electron chi connectivity index (χ2n) is 4.27. The van der Waals surface area contributed by atoms with E-state index in [4.69, 9.17) is 17.0 Å². The number of H-pyrrole nitrogens is 1.